The summed E-state index contributed by atoms with van der Waals surface area (Å²) in [6, 6.07) is 3.58. The number of amides is 1. The number of aromatic amines is 1. The second-order valence-electron chi connectivity index (χ2n) is 6.56. The quantitative estimate of drug-likeness (QED) is 0.911. The molecule has 126 valence electrons. The Balaban J connectivity index is 1.65. The fourth-order valence-electron chi connectivity index (χ4n) is 3.95. The van der Waals surface area contributed by atoms with Crippen molar-refractivity contribution in [3.8, 4) is 0 Å². The van der Waals surface area contributed by atoms with Crippen LogP contribution < -0.4 is 5.76 Å². The molecule has 1 saturated carbocycles. The number of likely N-dealkylation sites (tertiary alicyclic amines) is 1. The molecule has 1 aromatic heterocycles. The van der Waals surface area contributed by atoms with E-state index in [0.29, 0.717) is 18.7 Å². The summed E-state index contributed by atoms with van der Waals surface area (Å²) < 4.78 is 31.8. The number of rotatable bonds is 2. The average molecular weight is 335 g/mol. The fraction of sp³-hybridized carbons (Fsp3) is 0.438. The lowest BCUT2D eigenvalue weighted by atomic mass is 9.61. The highest BCUT2D eigenvalue weighted by Crippen LogP contribution is 2.56. The lowest BCUT2D eigenvalue weighted by Crippen LogP contribution is -2.38. The number of benzene rings is 1. The van der Waals surface area contributed by atoms with Crippen LogP contribution in [-0.2, 0) is 0 Å². The Labute approximate surface area is 135 Å². The van der Waals surface area contributed by atoms with E-state index in [1.165, 1.54) is 12.1 Å². The van der Waals surface area contributed by atoms with Crippen LogP contribution in [0.2, 0.25) is 0 Å². The summed E-state index contributed by atoms with van der Waals surface area (Å²) in [5, 5.41) is 3.42. The summed E-state index contributed by atoms with van der Waals surface area (Å²) in [4.78, 5) is 27.3. The molecule has 4 rings (SSSR count). The number of aromatic nitrogens is 2. The Hall–Kier alpha value is -2.51. The predicted molar refractivity (Wildman–Crippen MR) is 78.4 cm³/mol. The van der Waals surface area contributed by atoms with Crippen molar-refractivity contribution in [1.29, 1.82) is 0 Å². The molecule has 24 heavy (non-hydrogen) atoms. The van der Waals surface area contributed by atoms with Crippen LogP contribution in [0.15, 0.2) is 27.5 Å². The van der Waals surface area contributed by atoms with E-state index in [1.807, 2.05) is 0 Å². The number of hydrogen-bond donors (Lipinski definition) is 1. The van der Waals surface area contributed by atoms with Gasteiger partial charge in [0.15, 0.2) is 0 Å². The maximum atomic E-state index is 14.2. The van der Waals surface area contributed by atoms with Gasteiger partial charge in [-0.25, -0.2) is 13.6 Å². The van der Waals surface area contributed by atoms with Crippen molar-refractivity contribution in [1.82, 2.24) is 15.0 Å². The Morgan fingerprint density at radius 1 is 1.38 bits per heavy atom. The predicted octanol–water partition coefficient (Wildman–Crippen LogP) is 2.05. The number of carbonyl (C=O) groups is 1. The van der Waals surface area contributed by atoms with E-state index < -0.39 is 23.3 Å². The first-order valence-corrected chi connectivity index (χ1v) is 7.79. The van der Waals surface area contributed by atoms with Gasteiger partial charge in [0, 0.05) is 25.1 Å². The number of H-pyrrole nitrogens is 1. The van der Waals surface area contributed by atoms with Gasteiger partial charge in [0.25, 0.3) is 5.91 Å². The molecule has 0 radical (unpaired) electrons. The monoisotopic (exact) mass is 335 g/mol. The first-order chi connectivity index (χ1) is 11.5. The summed E-state index contributed by atoms with van der Waals surface area (Å²) in [6.07, 6.45) is 2.78. The highest BCUT2D eigenvalue weighted by atomic mass is 19.1. The minimum absolute atomic E-state index is 0.158. The van der Waals surface area contributed by atoms with Crippen molar-refractivity contribution < 1.29 is 18.1 Å². The topological polar surface area (TPSA) is 79.2 Å². The van der Waals surface area contributed by atoms with Crippen LogP contribution in [0.1, 0.15) is 41.4 Å². The van der Waals surface area contributed by atoms with E-state index in [-0.39, 0.29) is 17.2 Å². The molecule has 1 spiro atoms. The van der Waals surface area contributed by atoms with E-state index in [9.17, 15) is 18.4 Å². The first kappa shape index (κ1) is 15.0. The molecule has 8 heteroatoms. The summed E-state index contributed by atoms with van der Waals surface area (Å²) >= 11 is 0. The third-order valence-corrected chi connectivity index (χ3v) is 5.27. The number of hydrogen-bond acceptors (Lipinski definition) is 4. The lowest BCUT2D eigenvalue weighted by Gasteiger charge is -2.43. The van der Waals surface area contributed by atoms with Crippen LogP contribution in [0.3, 0.4) is 0 Å². The zero-order valence-electron chi connectivity index (χ0n) is 12.7. The fourth-order valence-corrected chi connectivity index (χ4v) is 3.95. The van der Waals surface area contributed by atoms with Crippen LogP contribution in [0.4, 0.5) is 8.78 Å². The van der Waals surface area contributed by atoms with Crippen molar-refractivity contribution in [3.63, 3.8) is 0 Å². The van der Waals surface area contributed by atoms with E-state index in [4.69, 9.17) is 0 Å². The van der Waals surface area contributed by atoms with E-state index in [2.05, 4.69) is 14.7 Å². The molecule has 1 saturated heterocycles. The van der Waals surface area contributed by atoms with Crippen molar-refractivity contribution in [2.24, 2.45) is 5.41 Å². The minimum atomic E-state index is -0.794. The molecule has 2 aliphatic rings. The Morgan fingerprint density at radius 3 is 2.75 bits per heavy atom. The number of carbonyl (C=O) groups excluding carboxylic acids is 1. The molecule has 1 atom stereocenters. The molecule has 2 fully saturated rings. The average Bonchev–Trinajstić information content (AvgIpc) is 3.10. The van der Waals surface area contributed by atoms with Gasteiger partial charge in [0.1, 0.15) is 11.6 Å². The minimum Gasteiger partial charge on any atom is -0.335 e. The lowest BCUT2D eigenvalue weighted by molar-refractivity contribution is 0.0710. The van der Waals surface area contributed by atoms with Gasteiger partial charge in [-0.2, -0.15) is 0 Å². The maximum absolute atomic E-state index is 14.2. The van der Waals surface area contributed by atoms with Crippen molar-refractivity contribution in [3.05, 3.63) is 51.8 Å². The molecule has 2 aromatic rings. The van der Waals surface area contributed by atoms with Crippen LogP contribution in [0.5, 0.6) is 0 Å². The van der Waals surface area contributed by atoms with Gasteiger partial charge in [0.2, 0.25) is 5.82 Å². The smallest absolute Gasteiger partial charge is 0.335 e. The maximum Gasteiger partial charge on any atom is 0.439 e. The molecular weight excluding hydrogens is 320 g/mol. The van der Waals surface area contributed by atoms with Gasteiger partial charge in [-0.15, -0.1) is 0 Å². The first-order valence-electron chi connectivity index (χ1n) is 7.79. The molecule has 6 nitrogen and oxygen atoms in total. The summed E-state index contributed by atoms with van der Waals surface area (Å²) in [7, 11) is 0. The SMILES string of the molecule is O=C(c1noc(=O)[nH]1)N1C[C@H](c2ccc(F)cc2F)C2(CCC2)C1. The second-order valence-corrected chi connectivity index (χ2v) is 6.56. The van der Waals surface area contributed by atoms with Gasteiger partial charge in [0.05, 0.1) is 0 Å². The van der Waals surface area contributed by atoms with E-state index in [0.717, 1.165) is 25.3 Å². The Bertz CT molecular complexity index is 856. The summed E-state index contributed by atoms with van der Waals surface area (Å²) in [6.45, 7) is 0.762. The van der Waals surface area contributed by atoms with Crippen LogP contribution in [-0.4, -0.2) is 34.0 Å². The normalized spacial score (nSPS) is 21.9. The van der Waals surface area contributed by atoms with Crippen LogP contribution in [0, 0.1) is 17.0 Å². The molecule has 1 aliphatic heterocycles. The zero-order chi connectivity index (χ0) is 16.9. The number of nitrogens with zero attached hydrogens (tertiary/aromatic N) is 2. The molecule has 1 aliphatic carbocycles. The van der Waals surface area contributed by atoms with Gasteiger partial charge in [-0.1, -0.05) is 12.5 Å². The Kier molecular flexibility index (Phi) is 3.29. The van der Waals surface area contributed by atoms with Gasteiger partial charge < -0.3 is 4.90 Å². The molecule has 1 aromatic carbocycles. The zero-order valence-corrected chi connectivity index (χ0v) is 12.7. The third kappa shape index (κ3) is 2.24. The molecule has 1 N–H and O–H groups in total. The molecular formula is C16H15F2N3O3. The second kappa shape index (κ2) is 5.25. The van der Waals surface area contributed by atoms with E-state index >= 15 is 0 Å². The van der Waals surface area contributed by atoms with Crippen LogP contribution >= 0.6 is 0 Å². The Morgan fingerprint density at radius 2 is 2.17 bits per heavy atom. The molecule has 0 bridgehead atoms. The van der Waals surface area contributed by atoms with Crippen molar-refractivity contribution in [2.45, 2.75) is 25.2 Å². The van der Waals surface area contributed by atoms with Crippen molar-refractivity contribution >= 4 is 5.91 Å². The van der Waals surface area contributed by atoms with Gasteiger partial charge in [-0.05, 0) is 35.0 Å². The summed E-state index contributed by atoms with van der Waals surface area (Å²) in [5.41, 5.74) is 0.235. The molecule has 0 unspecified atom stereocenters. The standard InChI is InChI=1S/C16H15F2N3O3/c17-9-2-3-10(12(18)6-9)11-7-21(8-16(11)4-1-5-16)14(22)13-19-15(23)24-20-13/h2-3,6,11H,1,4-5,7-8H2,(H,19,20,23)/t11-/m1/s1. The molecule has 1 amide bonds. The third-order valence-electron chi connectivity index (χ3n) is 5.27. The number of nitrogens with one attached hydrogen (secondary N) is 1. The highest BCUT2D eigenvalue weighted by Gasteiger charge is 2.52. The highest BCUT2D eigenvalue weighted by molar-refractivity contribution is 5.90. The van der Waals surface area contributed by atoms with Crippen LogP contribution in [0.25, 0.3) is 0 Å². The van der Waals surface area contributed by atoms with E-state index in [1.54, 1.807) is 4.90 Å². The van der Waals surface area contributed by atoms with Gasteiger partial charge >= 0.3 is 5.76 Å². The summed E-state index contributed by atoms with van der Waals surface area (Å²) in [5.74, 6) is -2.81. The number of halogens is 2. The van der Waals surface area contributed by atoms with Crippen molar-refractivity contribution in [2.75, 3.05) is 13.1 Å². The molecule has 2 heterocycles. The largest absolute Gasteiger partial charge is 0.439 e. The van der Waals surface area contributed by atoms with Gasteiger partial charge in [-0.3, -0.25) is 14.3 Å².